The van der Waals surface area contributed by atoms with Gasteiger partial charge >= 0.3 is 6.09 Å². The molecule has 3 rings (SSSR count). The molecule has 2 amide bonds. The van der Waals surface area contributed by atoms with Gasteiger partial charge in [0.15, 0.2) is 0 Å². The lowest BCUT2D eigenvalue weighted by molar-refractivity contribution is -0.123. The van der Waals surface area contributed by atoms with Crippen LogP contribution in [0.1, 0.15) is 38.3 Å². The van der Waals surface area contributed by atoms with Crippen LogP contribution in [0.15, 0.2) is 54.7 Å². The Balaban J connectivity index is 1.77. The van der Waals surface area contributed by atoms with Gasteiger partial charge in [-0.1, -0.05) is 43.3 Å². The highest BCUT2D eigenvalue weighted by Gasteiger charge is 2.27. The van der Waals surface area contributed by atoms with Crippen molar-refractivity contribution in [1.29, 1.82) is 0 Å². The number of hydrogen-bond donors (Lipinski definition) is 3. The molecule has 1 unspecified atom stereocenters. The molecule has 0 fully saturated rings. The smallest absolute Gasteiger partial charge is 0.408 e. The molecule has 0 radical (unpaired) electrons. The van der Waals surface area contributed by atoms with Crippen LogP contribution in [-0.4, -0.2) is 35.7 Å². The van der Waals surface area contributed by atoms with E-state index >= 15 is 0 Å². The maximum absolute atomic E-state index is 13.1. The van der Waals surface area contributed by atoms with E-state index in [2.05, 4.69) is 15.6 Å². The molecule has 7 nitrogen and oxygen atoms in total. The summed E-state index contributed by atoms with van der Waals surface area (Å²) in [7, 11) is 1.59. The molecule has 0 saturated heterocycles. The van der Waals surface area contributed by atoms with Crippen LogP contribution in [0.5, 0.6) is 5.75 Å². The summed E-state index contributed by atoms with van der Waals surface area (Å²) in [4.78, 5) is 28.9. The average Bonchev–Trinajstić information content (AvgIpc) is 3.19. The highest BCUT2D eigenvalue weighted by atomic mass is 16.6. The molecule has 170 valence electrons. The van der Waals surface area contributed by atoms with Gasteiger partial charge in [-0.2, -0.15) is 0 Å². The Labute approximate surface area is 188 Å². The van der Waals surface area contributed by atoms with Crippen molar-refractivity contribution in [2.45, 2.75) is 51.8 Å². The van der Waals surface area contributed by atoms with Crippen molar-refractivity contribution in [2.24, 2.45) is 0 Å². The van der Waals surface area contributed by atoms with E-state index in [1.165, 1.54) is 0 Å². The zero-order chi connectivity index (χ0) is 23.1. The van der Waals surface area contributed by atoms with Gasteiger partial charge in [-0.25, -0.2) is 4.79 Å². The molecule has 0 bridgehead atoms. The Kier molecular flexibility index (Phi) is 7.41. The van der Waals surface area contributed by atoms with Crippen molar-refractivity contribution in [3.05, 3.63) is 65.9 Å². The monoisotopic (exact) mass is 437 g/mol. The average molecular weight is 438 g/mol. The van der Waals surface area contributed by atoms with Crippen LogP contribution in [0, 0.1) is 0 Å². The molecule has 1 aromatic heterocycles. The van der Waals surface area contributed by atoms with Crippen LogP contribution in [0.25, 0.3) is 10.9 Å². The number of methoxy groups -OCH3 is 1. The van der Waals surface area contributed by atoms with Crippen molar-refractivity contribution in [1.82, 2.24) is 15.6 Å². The normalized spacial score (nSPS) is 12.2. The first-order valence-electron chi connectivity index (χ1n) is 10.8. The molecule has 1 heterocycles. The number of alkyl carbamates (subject to hydrolysis) is 1. The van der Waals surface area contributed by atoms with Crippen molar-refractivity contribution < 1.29 is 19.1 Å². The largest absolute Gasteiger partial charge is 0.496 e. The number of fused-ring (bicyclic) bond motifs is 1. The second-order valence-corrected chi connectivity index (χ2v) is 8.29. The van der Waals surface area contributed by atoms with Crippen molar-refractivity contribution >= 4 is 22.9 Å². The first kappa shape index (κ1) is 23.2. The Morgan fingerprint density at radius 1 is 1.06 bits per heavy atom. The van der Waals surface area contributed by atoms with Crippen LogP contribution in [-0.2, 0) is 22.5 Å². The summed E-state index contributed by atoms with van der Waals surface area (Å²) in [6, 6.07) is 14.5. The predicted molar refractivity (Wildman–Crippen MR) is 125 cm³/mol. The lowest BCUT2D eigenvalue weighted by Crippen LogP contribution is -2.49. The first-order valence-corrected chi connectivity index (χ1v) is 10.8. The van der Waals surface area contributed by atoms with Gasteiger partial charge in [0, 0.05) is 35.6 Å². The Morgan fingerprint density at radius 3 is 2.53 bits per heavy atom. The van der Waals surface area contributed by atoms with Gasteiger partial charge in [0.25, 0.3) is 0 Å². The second kappa shape index (κ2) is 10.2. The van der Waals surface area contributed by atoms with Gasteiger partial charge in [-0.05, 0) is 38.0 Å². The number of hydrogen-bond acceptors (Lipinski definition) is 4. The highest BCUT2D eigenvalue weighted by Crippen LogP contribution is 2.20. The number of para-hydroxylation sites is 2. The van der Waals surface area contributed by atoms with E-state index in [9.17, 15) is 9.59 Å². The van der Waals surface area contributed by atoms with Gasteiger partial charge in [-0.3, -0.25) is 4.79 Å². The van der Waals surface area contributed by atoms with Crippen LogP contribution >= 0.6 is 0 Å². The Morgan fingerprint density at radius 2 is 1.78 bits per heavy atom. The number of carbonyl (C=O) groups is 2. The SMILES string of the molecule is CCC(C)(C)OC(=O)NC(Cc1c[nH]c2ccccc12)C(=O)NCc1ccccc1OC. The third-order valence-corrected chi connectivity index (χ3v) is 5.57. The van der Waals surface area contributed by atoms with Crippen LogP contribution < -0.4 is 15.4 Å². The summed E-state index contributed by atoms with van der Waals surface area (Å²) >= 11 is 0. The molecule has 2 aromatic carbocycles. The molecular formula is C25H31N3O4. The molecule has 32 heavy (non-hydrogen) atoms. The zero-order valence-corrected chi connectivity index (χ0v) is 19.0. The number of aromatic nitrogens is 1. The molecule has 3 aromatic rings. The van der Waals surface area contributed by atoms with Crippen molar-refractivity contribution in [3.8, 4) is 5.75 Å². The number of benzene rings is 2. The molecule has 0 aliphatic carbocycles. The van der Waals surface area contributed by atoms with Crippen molar-refractivity contribution in [2.75, 3.05) is 7.11 Å². The third-order valence-electron chi connectivity index (χ3n) is 5.57. The molecule has 7 heteroatoms. The summed E-state index contributed by atoms with van der Waals surface area (Å²) in [5.41, 5.74) is 2.14. The van der Waals surface area contributed by atoms with Gasteiger partial charge in [0.05, 0.1) is 7.11 Å². The standard InChI is InChI=1S/C25H31N3O4/c1-5-25(2,3)32-24(30)28-21(14-18-16-26-20-12-8-7-11-19(18)20)23(29)27-15-17-10-6-9-13-22(17)31-4/h6-13,16,21,26H,5,14-15H2,1-4H3,(H,27,29)(H,28,30). The Bertz CT molecular complexity index is 1070. The fraction of sp³-hybridized carbons (Fsp3) is 0.360. The van der Waals surface area contributed by atoms with E-state index in [0.717, 1.165) is 22.0 Å². The minimum Gasteiger partial charge on any atom is -0.496 e. The minimum atomic E-state index is -0.802. The maximum Gasteiger partial charge on any atom is 0.408 e. The molecule has 1 atom stereocenters. The molecule has 0 saturated carbocycles. The van der Waals surface area contributed by atoms with Crippen molar-refractivity contribution in [3.63, 3.8) is 0 Å². The molecule has 0 aliphatic rings. The van der Waals surface area contributed by atoms with E-state index in [-0.39, 0.29) is 12.5 Å². The number of nitrogens with one attached hydrogen (secondary N) is 3. The number of amides is 2. The predicted octanol–water partition coefficient (Wildman–Crippen LogP) is 4.32. The summed E-state index contributed by atoms with van der Waals surface area (Å²) in [6.45, 7) is 5.90. The topological polar surface area (TPSA) is 92.5 Å². The number of carbonyl (C=O) groups excluding carboxylic acids is 2. The molecular weight excluding hydrogens is 406 g/mol. The number of H-pyrrole nitrogens is 1. The van der Waals surface area contributed by atoms with Gasteiger partial charge < -0.3 is 25.1 Å². The third kappa shape index (κ3) is 5.81. The van der Waals surface area contributed by atoms with E-state index in [1.807, 2.05) is 75.5 Å². The van der Waals surface area contributed by atoms with E-state index < -0.39 is 17.7 Å². The zero-order valence-electron chi connectivity index (χ0n) is 19.0. The molecule has 0 spiro atoms. The summed E-state index contributed by atoms with van der Waals surface area (Å²) in [5.74, 6) is 0.394. The Hall–Kier alpha value is -3.48. The summed E-state index contributed by atoms with van der Waals surface area (Å²) < 4.78 is 10.9. The van der Waals surface area contributed by atoms with E-state index in [4.69, 9.17) is 9.47 Å². The van der Waals surface area contributed by atoms with Gasteiger partial charge in [0.2, 0.25) is 5.91 Å². The minimum absolute atomic E-state index is 0.282. The second-order valence-electron chi connectivity index (χ2n) is 8.29. The lowest BCUT2D eigenvalue weighted by Gasteiger charge is -2.25. The van der Waals surface area contributed by atoms with Gasteiger partial charge in [-0.15, -0.1) is 0 Å². The van der Waals surface area contributed by atoms with E-state index in [0.29, 0.717) is 18.6 Å². The molecule has 3 N–H and O–H groups in total. The maximum atomic E-state index is 13.1. The highest BCUT2D eigenvalue weighted by molar-refractivity contribution is 5.88. The summed E-state index contributed by atoms with van der Waals surface area (Å²) in [5, 5.41) is 6.69. The fourth-order valence-corrected chi connectivity index (χ4v) is 3.38. The lowest BCUT2D eigenvalue weighted by atomic mass is 10.0. The van der Waals surface area contributed by atoms with Crippen LogP contribution in [0.2, 0.25) is 0 Å². The number of ether oxygens (including phenoxy) is 2. The van der Waals surface area contributed by atoms with Gasteiger partial charge in [0.1, 0.15) is 17.4 Å². The number of rotatable bonds is 9. The first-order chi connectivity index (χ1) is 15.3. The number of aromatic amines is 1. The fourth-order valence-electron chi connectivity index (χ4n) is 3.38. The quantitative estimate of drug-likeness (QED) is 0.465. The van der Waals surface area contributed by atoms with Crippen LogP contribution in [0.3, 0.4) is 0 Å². The molecule has 0 aliphatic heterocycles. The summed E-state index contributed by atoms with van der Waals surface area (Å²) in [6.07, 6.45) is 2.24. The van der Waals surface area contributed by atoms with Crippen LogP contribution in [0.4, 0.5) is 4.79 Å². The van der Waals surface area contributed by atoms with E-state index in [1.54, 1.807) is 7.11 Å².